The summed E-state index contributed by atoms with van der Waals surface area (Å²) in [6, 6.07) is 3.64. The first-order chi connectivity index (χ1) is 7.49. The fraction of sp³-hybridized carbons (Fsp3) is 0.500. The van der Waals surface area contributed by atoms with Crippen molar-refractivity contribution in [1.82, 2.24) is 4.98 Å². The second-order valence-corrected chi connectivity index (χ2v) is 4.24. The molecule has 0 saturated carbocycles. The fourth-order valence-corrected chi connectivity index (χ4v) is 1.68. The van der Waals surface area contributed by atoms with E-state index in [0.29, 0.717) is 6.42 Å². The summed E-state index contributed by atoms with van der Waals surface area (Å²) in [6.07, 6.45) is 4.89. The predicted molar refractivity (Wildman–Crippen MR) is 65.1 cm³/mol. The molecule has 0 aliphatic rings. The summed E-state index contributed by atoms with van der Waals surface area (Å²) < 4.78 is 0. The first-order valence-corrected chi connectivity index (χ1v) is 5.46. The SMILES string of the molecule is CCCC(C)(N)C(=O)N(C)c1cccnc1. The first kappa shape index (κ1) is 12.6. The minimum absolute atomic E-state index is 0.0812. The molecule has 1 atom stereocenters. The van der Waals surface area contributed by atoms with Crippen LogP contribution in [0.3, 0.4) is 0 Å². The number of rotatable bonds is 4. The minimum atomic E-state index is -0.806. The molecule has 1 amide bonds. The van der Waals surface area contributed by atoms with Crippen molar-refractivity contribution >= 4 is 11.6 Å². The molecular weight excluding hydrogens is 202 g/mol. The Morgan fingerprint density at radius 2 is 2.31 bits per heavy atom. The van der Waals surface area contributed by atoms with Crippen LogP contribution < -0.4 is 10.6 Å². The number of nitrogens with two attached hydrogens (primary N) is 1. The number of nitrogens with zero attached hydrogens (tertiary/aromatic N) is 2. The quantitative estimate of drug-likeness (QED) is 0.839. The maximum Gasteiger partial charge on any atom is 0.246 e. The third-order valence-corrected chi connectivity index (χ3v) is 2.60. The van der Waals surface area contributed by atoms with Crippen molar-refractivity contribution in [3.05, 3.63) is 24.5 Å². The summed E-state index contributed by atoms with van der Waals surface area (Å²) in [4.78, 5) is 17.7. The molecule has 4 heteroatoms. The summed E-state index contributed by atoms with van der Waals surface area (Å²) in [5.74, 6) is -0.0812. The van der Waals surface area contributed by atoms with Crippen LogP contribution >= 0.6 is 0 Å². The van der Waals surface area contributed by atoms with Gasteiger partial charge < -0.3 is 10.6 Å². The molecule has 1 aromatic heterocycles. The van der Waals surface area contributed by atoms with Gasteiger partial charge >= 0.3 is 0 Å². The van der Waals surface area contributed by atoms with Gasteiger partial charge in [-0.2, -0.15) is 0 Å². The molecule has 1 aromatic rings. The van der Waals surface area contributed by atoms with Crippen LogP contribution in [0, 0.1) is 0 Å². The molecule has 0 aliphatic heterocycles. The number of hydrogen-bond acceptors (Lipinski definition) is 3. The highest BCUT2D eigenvalue weighted by Gasteiger charge is 2.30. The van der Waals surface area contributed by atoms with Gasteiger partial charge in [-0.25, -0.2) is 0 Å². The summed E-state index contributed by atoms with van der Waals surface area (Å²) in [5.41, 5.74) is 5.96. The lowest BCUT2D eigenvalue weighted by atomic mass is 9.96. The van der Waals surface area contributed by atoms with Crippen molar-refractivity contribution < 1.29 is 4.79 Å². The number of hydrogen-bond donors (Lipinski definition) is 1. The molecule has 1 rings (SSSR count). The molecule has 0 fully saturated rings. The fourth-order valence-electron chi connectivity index (χ4n) is 1.68. The number of anilines is 1. The molecule has 1 heterocycles. The van der Waals surface area contributed by atoms with Crippen molar-refractivity contribution in [2.24, 2.45) is 5.73 Å². The average Bonchev–Trinajstić information content (AvgIpc) is 2.28. The monoisotopic (exact) mass is 221 g/mol. The summed E-state index contributed by atoms with van der Waals surface area (Å²) in [5, 5.41) is 0. The van der Waals surface area contributed by atoms with E-state index in [1.165, 1.54) is 0 Å². The zero-order chi connectivity index (χ0) is 12.2. The Labute approximate surface area is 96.5 Å². The highest BCUT2D eigenvalue weighted by atomic mass is 16.2. The Balaban J connectivity index is 2.82. The molecule has 16 heavy (non-hydrogen) atoms. The van der Waals surface area contributed by atoms with Crippen molar-refractivity contribution in [3.8, 4) is 0 Å². The lowest BCUT2D eigenvalue weighted by Crippen LogP contribution is -2.52. The van der Waals surface area contributed by atoms with E-state index in [0.717, 1.165) is 12.1 Å². The molecule has 2 N–H and O–H groups in total. The molecule has 88 valence electrons. The van der Waals surface area contributed by atoms with Crippen molar-refractivity contribution in [1.29, 1.82) is 0 Å². The van der Waals surface area contributed by atoms with Gasteiger partial charge in [-0.05, 0) is 25.5 Å². The van der Waals surface area contributed by atoms with Gasteiger partial charge in [0.2, 0.25) is 5.91 Å². The van der Waals surface area contributed by atoms with Crippen LogP contribution in [0.5, 0.6) is 0 Å². The van der Waals surface area contributed by atoms with E-state index in [9.17, 15) is 4.79 Å². The van der Waals surface area contributed by atoms with Gasteiger partial charge in [0.15, 0.2) is 0 Å². The van der Waals surface area contributed by atoms with E-state index < -0.39 is 5.54 Å². The molecule has 0 radical (unpaired) electrons. The maximum absolute atomic E-state index is 12.1. The zero-order valence-electron chi connectivity index (χ0n) is 10.1. The zero-order valence-corrected chi connectivity index (χ0v) is 10.1. The molecule has 0 aromatic carbocycles. The van der Waals surface area contributed by atoms with E-state index in [-0.39, 0.29) is 5.91 Å². The van der Waals surface area contributed by atoms with Crippen molar-refractivity contribution in [3.63, 3.8) is 0 Å². The molecule has 0 saturated heterocycles. The minimum Gasteiger partial charge on any atom is -0.318 e. The van der Waals surface area contributed by atoms with Gasteiger partial charge in [-0.3, -0.25) is 9.78 Å². The number of likely N-dealkylation sites (N-methyl/N-ethyl adjacent to an activating group) is 1. The predicted octanol–water partition coefficient (Wildman–Crippen LogP) is 1.56. The van der Waals surface area contributed by atoms with E-state index in [1.807, 2.05) is 13.0 Å². The van der Waals surface area contributed by atoms with Crippen LogP contribution in [0.4, 0.5) is 5.69 Å². The molecular formula is C12H19N3O. The van der Waals surface area contributed by atoms with Gasteiger partial charge in [0.25, 0.3) is 0 Å². The van der Waals surface area contributed by atoms with Crippen LogP contribution in [-0.2, 0) is 4.79 Å². The third-order valence-electron chi connectivity index (χ3n) is 2.60. The summed E-state index contributed by atoms with van der Waals surface area (Å²) in [7, 11) is 1.72. The van der Waals surface area contributed by atoms with Crippen LogP contribution in [0.25, 0.3) is 0 Å². The number of carbonyl (C=O) groups excluding carboxylic acids is 1. The Bertz CT molecular complexity index is 349. The second kappa shape index (κ2) is 5.07. The molecule has 0 bridgehead atoms. The highest BCUT2D eigenvalue weighted by Crippen LogP contribution is 2.17. The highest BCUT2D eigenvalue weighted by molar-refractivity contribution is 5.99. The van der Waals surface area contributed by atoms with Gasteiger partial charge in [0.05, 0.1) is 17.4 Å². The number of carbonyl (C=O) groups is 1. The number of amides is 1. The van der Waals surface area contributed by atoms with E-state index in [2.05, 4.69) is 4.98 Å². The summed E-state index contributed by atoms with van der Waals surface area (Å²) >= 11 is 0. The Morgan fingerprint density at radius 3 is 2.81 bits per heavy atom. The van der Waals surface area contributed by atoms with Crippen LogP contribution in [0.1, 0.15) is 26.7 Å². The standard InChI is InChI=1S/C12H19N3O/c1-4-7-12(2,13)11(16)15(3)10-6-5-8-14-9-10/h5-6,8-9H,4,7,13H2,1-3H3. The molecule has 0 aliphatic carbocycles. The topological polar surface area (TPSA) is 59.2 Å². The molecule has 0 spiro atoms. The van der Waals surface area contributed by atoms with Crippen LogP contribution in [0.15, 0.2) is 24.5 Å². The lowest BCUT2D eigenvalue weighted by molar-refractivity contribution is -0.123. The smallest absolute Gasteiger partial charge is 0.246 e. The molecule has 4 nitrogen and oxygen atoms in total. The number of aromatic nitrogens is 1. The summed E-state index contributed by atoms with van der Waals surface area (Å²) in [6.45, 7) is 3.79. The third kappa shape index (κ3) is 2.79. The Morgan fingerprint density at radius 1 is 1.62 bits per heavy atom. The van der Waals surface area contributed by atoms with Crippen molar-refractivity contribution in [2.75, 3.05) is 11.9 Å². The molecule has 1 unspecified atom stereocenters. The van der Waals surface area contributed by atoms with Crippen LogP contribution in [-0.4, -0.2) is 23.5 Å². The second-order valence-electron chi connectivity index (χ2n) is 4.24. The van der Waals surface area contributed by atoms with Gasteiger partial charge in [0, 0.05) is 13.2 Å². The Hall–Kier alpha value is -1.42. The Kier molecular flexibility index (Phi) is 4.01. The first-order valence-electron chi connectivity index (χ1n) is 5.46. The van der Waals surface area contributed by atoms with Gasteiger partial charge in [-0.15, -0.1) is 0 Å². The average molecular weight is 221 g/mol. The largest absolute Gasteiger partial charge is 0.318 e. The van der Waals surface area contributed by atoms with Crippen molar-refractivity contribution in [2.45, 2.75) is 32.2 Å². The van der Waals surface area contributed by atoms with Gasteiger partial charge in [0.1, 0.15) is 0 Å². The maximum atomic E-state index is 12.1. The van der Waals surface area contributed by atoms with E-state index in [1.54, 1.807) is 37.3 Å². The van der Waals surface area contributed by atoms with E-state index >= 15 is 0 Å². The normalized spacial score (nSPS) is 14.2. The van der Waals surface area contributed by atoms with Gasteiger partial charge in [-0.1, -0.05) is 13.3 Å². The van der Waals surface area contributed by atoms with Crippen LogP contribution in [0.2, 0.25) is 0 Å². The lowest BCUT2D eigenvalue weighted by Gasteiger charge is -2.28. The number of pyridine rings is 1. The van der Waals surface area contributed by atoms with E-state index in [4.69, 9.17) is 5.73 Å².